The highest BCUT2D eigenvalue weighted by molar-refractivity contribution is 5.98. The topological polar surface area (TPSA) is 40.6 Å². The summed E-state index contributed by atoms with van der Waals surface area (Å²) in [5.74, 6) is -0.0658. The van der Waals surface area contributed by atoms with Crippen molar-refractivity contribution in [2.45, 2.75) is 44.9 Å². The Balaban J connectivity index is 1.38. The van der Waals surface area contributed by atoms with Crippen LogP contribution < -0.4 is 9.80 Å². The van der Waals surface area contributed by atoms with Crippen LogP contribution in [0.3, 0.4) is 0 Å². The van der Waals surface area contributed by atoms with Crippen LogP contribution in [0.5, 0.6) is 0 Å². The first-order valence-electron chi connectivity index (χ1n) is 11.2. The zero-order valence-electron chi connectivity index (χ0n) is 17.8. The monoisotopic (exact) mass is 404 g/mol. The number of anilines is 2. The van der Waals surface area contributed by atoms with Crippen molar-refractivity contribution >= 4 is 23.1 Å². The first-order chi connectivity index (χ1) is 14.5. The molecule has 1 atom stereocenters. The number of hydrogen-bond donors (Lipinski definition) is 0. The van der Waals surface area contributed by atoms with Crippen molar-refractivity contribution in [1.82, 2.24) is 0 Å². The van der Waals surface area contributed by atoms with Gasteiger partial charge in [0, 0.05) is 49.8 Å². The number of carbonyl (C=O) groups is 2. The van der Waals surface area contributed by atoms with Gasteiger partial charge in [-0.25, -0.2) is 0 Å². The van der Waals surface area contributed by atoms with Crippen LogP contribution in [0, 0.1) is 11.3 Å². The maximum atomic E-state index is 13.1. The van der Waals surface area contributed by atoms with Crippen molar-refractivity contribution in [3.8, 4) is 0 Å². The number of hydrogen-bond acceptors (Lipinski definition) is 3. The summed E-state index contributed by atoms with van der Waals surface area (Å²) in [4.78, 5) is 29.9. The predicted octanol–water partition coefficient (Wildman–Crippen LogP) is 5.07. The summed E-state index contributed by atoms with van der Waals surface area (Å²) in [7, 11) is 0. The molecule has 1 amide bonds. The maximum Gasteiger partial charge on any atom is 0.230 e. The lowest BCUT2D eigenvalue weighted by atomic mass is 9.90. The van der Waals surface area contributed by atoms with Crippen LogP contribution in [0.15, 0.2) is 61.2 Å². The molecule has 2 aliphatic heterocycles. The van der Waals surface area contributed by atoms with Crippen LogP contribution in [-0.4, -0.2) is 31.3 Å². The molecule has 0 N–H and O–H groups in total. The molecular formula is C26H32N2O2. The highest BCUT2D eigenvalue weighted by Crippen LogP contribution is 2.53. The largest absolute Gasteiger partial charge is 0.371 e. The number of Topliss-reactive ketones (excluding diaryl/α,β-unsaturated/α-hetero) is 1. The molecule has 1 aliphatic carbocycles. The molecule has 1 aromatic rings. The van der Waals surface area contributed by atoms with E-state index < -0.39 is 0 Å². The molecule has 3 fully saturated rings. The molecule has 2 heterocycles. The second kappa shape index (κ2) is 8.63. The third-order valence-electron chi connectivity index (χ3n) is 6.94. The fourth-order valence-corrected chi connectivity index (χ4v) is 4.90. The van der Waals surface area contributed by atoms with Gasteiger partial charge in [0.15, 0.2) is 0 Å². The van der Waals surface area contributed by atoms with Crippen molar-refractivity contribution in [3.63, 3.8) is 0 Å². The van der Waals surface area contributed by atoms with E-state index in [2.05, 4.69) is 42.3 Å². The number of carbonyl (C=O) groups excluding carboxylic acids is 2. The van der Waals surface area contributed by atoms with Gasteiger partial charge in [-0.05, 0) is 67.4 Å². The fourth-order valence-electron chi connectivity index (χ4n) is 4.90. The molecule has 1 spiro atoms. The SMILES string of the molecule is C=C/C=C(\C=C)CC(=O)C[C@@H]1CCCN(c2ccc(N3CCC4(CC4)C3)cc2)C1=O. The minimum Gasteiger partial charge on any atom is -0.371 e. The lowest BCUT2D eigenvalue weighted by molar-refractivity contribution is -0.128. The molecule has 0 unspecified atom stereocenters. The van der Waals surface area contributed by atoms with Crippen LogP contribution in [0.1, 0.15) is 44.9 Å². The number of amides is 1. The highest BCUT2D eigenvalue weighted by atomic mass is 16.2. The van der Waals surface area contributed by atoms with Gasteiger partial charge in [-0.1, -0.05) is 31.4 Å². The second-order valence-corrected chi connectivity index (χ2v) is 9.12. The Bertz CT molecular complexity index is 864. The number of rotatable bonds is 8. The van der Waals surface area contributed by atoms with E-state index >= 15 is 0 Å². The molecule has 30 heavy (non-hydrogen) atoms. The van der Waals surface area contributed by atoms with Gasteiger partial charge in [-0.2, -0.15) is 0 Å². The average molecular weight is 405 g/mol. The van der Waals surface area contributed by atoms with E-state index in [-0.39, 0.29) is 17.6 Å². The maximum absolute atomic E-state index is 13.1. The smallest absolute Gasteiger partial charge is 0.230 e. The minimum absolute atomic E-state index is 0.0771. The third-order valence-corrected chi connectivity index (χ3v) is 6.94. The first kappa shape index (κ1) is 20.6. The summed E-state index contributed by atoms with van der Waals surface area (Å²) in [5.41, 5.74) is 3.65. The lowest BCUT2D eigenvalue weighted by Crippen LogP contribution is -2.42. The standard InChI is InChI=1S/C26H32N2O2/c1-3-6-20(4-2)17-24(29)18-21-7-5-15-28(25(21)30)23-10-8-22(9-11-23)27-16-14-26(19-27)12-13-26/h3-4,6,8-11,21H,1-2,5,7,12-19H2/b20-6+/t21-/m0/s1. The van der Waals surface area contributed by atoms with Crippen molar-refractivity contribution in [3.05, 3.63) is 61.2 Å². The first-order valence-corrected chi connectivity index (χ1v) is 11.2. The Morgan fingerprint density at radius 3 is 2.47 bits per heavy atom. The molecule has 4 heteroatoms. The van der Waals surface area contributed by atoms with Crippen molar-refractivity contribution < 1.29 is 9.59 Å². The van der Waals surface area contributed by atoms with Gasteiger partial charge in [0.1, 0.15) is 5.78 Å². The van der Waals surface area contributed by atoms with Crippen molar-refractivity contribution in [2.75, 3.05) is 29.4 Å². The molecule has 4 rings (SSSR count). The molecule has 3 aliphatic rings. The molecule has 158 valence electrons. The Hall–Kier alpha value is -2.62. The van der Waals surface area contributed by atoms with Gasteiger partial charge in [-0.15, -0.1) is 0 Å². The highest BCUT2D eigenvalue weighted by Gasteiger charge is 2.47. The van der Waals surface area contributed by atoms with E-state index in [1.807, 2.05) is 4.90 Å². The summed E-state index contributed by atoms with van der Waals surface area (Å²) in [5, 5.41) is 0. The summed E-state index contributed by atoms with van der Waals surface area (Å²) in [6.45, 7) is 10.5. The normalized spacial score (nSPS) is 23.0. The summed E-state index contributed by atoms with van der Waals surface area (Å²) < 4.78 is 0. The van der Waals surface area contributed by atoms with Gasteiger partial charge < -0.3 is 9.80 Å². The Morgan fingerprint density at radius 2 is 1.83 bits per heavy atom. The minimum atomic E-state index is -0.228. The zero-order valence-corrected chi connectivity index (χ0v) is 17.8. The van der Waals surface area contributed by atoms with E-state index in [0.717, 1.165) is 37.2 Å². The predicted molar refractivity (Wildman–Crippen MR) is 123 cm³/mol. The van der Waals surface area contributed by atoms with E-state index in [0.29, 0.717) is 18.3 Å². The molecule has 0 aromatic heterocycles. The third kappa shape index (κ3) is 4.43. The summed E-state index contributed by atoms with van der Waals surface area (Å²) >= 11 is 0. The Morgan fingerprint density at radius 1 is 1.10 bits per heavy atom. The van der Waals surface area contributed by atoms with E-state index in [1.54, 1.807) is 18.2 Å². The average Bonchev–Trinajstić information content (AvgIpc) is 3.38. The molecule has 4 nitrogen and oxygen atoms in total. The molecule has 0 radical (unpaired) electrons. The van der Waals surface area contributed by atoms with Crippen LogP contribution in [0.25, 0.3) is 0 Å². The van der Waals surface area contributed by atoms with E-state index in [9.17, 15) is 9.59 Å². The van der Waals surface area contributed by atoms with Gasteiger partial charge in [0.2, 0.25) is 5.91 Å². The van der Waals surface area contributed by atoms with Crippen molar-refractivity contribution in [2.24, 2.45) is 11.3 Å². The zero-order chi connectivity index (χ0) is 21.1. The molecular weight excluding hydrogens is 372 g/mol. The Labute approximate surface area is 179 Å². The molecule has 1 saturated carbocycles. The molecule has 1 aromatic carbocycles. The second-order valence-electron chi connectivity index (χ2n) is 9.12. The van der Waals surface area contributed by atoms with Crippen LogP contribution in [0.2, 0.25) is 0 Å². The number of piperidine rings is 1. The fraction of sp³-hybridized carbons (Fsp3) is 0.462. The van der Waals surface area contributed by atoms with Crippen LogP contribution in [-0.2, 0) is 9.59 Å². The van der Waals surface area contributed by atoms with Crippen LogP contribution >= 0.6 is 0 Å². The summed E-state index contributed by atoms with van der Waals surface area (Å²) in [6, 6.07) is 8.43. The number of nitrogens with zero attached hydrogens (tertiary/aromatic N) is 2. The summed E-state index contributed by atoms with van der Waals surface area (Å²) in [6.07, 6.45) is 11.5. The number of allylic oxidation sites excluding steroid dienone is 4. The van der Waals surface area contributed by atoms with Gasteiger partial charge in [-0.3, -0.25) is 9.59 Å². The van der Waals surface area contributed by atoms with Gasteiger partial charge in [0.05, 0.1) is 0 Å². The number of ketones is 1. The van der Waals surface area contributed by atoms with E-state index in [4.69, 9.17) is 0 Å². The molecule has 0 bridgehead atoms. The lowest BCUT2D eigenvalue weighted by Gasteiger charge is -2.32. The quantitative estimate of drug-likeness (QED) is 0.568. The van der Waals surface area contributed by atoms with Gasteiger partial charge >= 0.3 is 0 Å². The Kier molecular flexibility index (Phi) is 5.94. The number of benzene rings is 1. The van der Waals surface area contributed by atoms with Gasteiger partial charge in [0.25, 0.3) is 0 Å². The van der Waals surface area contributed by atoms with Crippen molar-refractivity contribution in [1.29, 1.82) is 0 Å². The van der Waals surface area contributed by atoms with E-state index in [1.165, 1.54) is 31.5 Å². The molecule has 2 saturated heterocycles. The van der Waals surface area contributed by atoms with Crippen LogP contribution in [0.4, 0.5) is 11.4 Å².